The van der Waals surface area contributed by atoms with Crippen molar-refractivity contribution in [1.82, 2.24) is 10.9 Å². The van der Waals surface area contributed by atoms with E-state index in [0.29, 0.717) is 0 Å². The molecule has 0 radical (unpaired) electrons. The molecule has 0 saturated heterocycles. The van der Waals surface area contributed by atoms with Crippen molar-refractivity contribution in [3.05, 3.63) is 41.1 Å². The summed E-state index contributed by atoms with van der Waals surface area (Å²) >= 11 is 1.52. The molecule has 2 N–H and O–H groups in total. The summed E-state index contributed by atoms with van der Waals surface area (Å²) in [5, 5.41) is 2.79. The highest BCUT2D eigenvalue weighted by atomic mass is 32.2. The lowest BCUT2D eigenvalue weighted by Gasteiger charge is -2.22. The van der Waals surface area contributed by atoms with E-state index in [2.05, 4.69) is 15.8 Å². The third-order valence-electron chi connectivity index (χ3n) is 2.18. The second-order valence-electron chi connectivity index (χ2n) is 4.99. The minimum Gasteiger partial charge on any atom is -0.298 e. The maximum atomic E-state index is 12.8. The third kappa shape index (κ3) is 3.50. The predicted octanol–water partition coefficient (Wildman–Crippen LogP) is 3.12. The Kier molecular flexibility index (Phi) is 3.61. The third-order valence-corrected chi connectivity index (χ3v) is 2.95. The Morgan fingerprint density at radius 1 is 1.11 bits per heavy atom. The Hall–Kier alpha value is -1.49. The van der Waals surface area contributed by atoms with Gasteiger partial charge in [-0.25, -0.2) is 4.39 Å². The first-order valence-corrected chi connectivity index (χ1v) is 6.57. The lowest BCUT2D eigenvalue weighted by atomic mass is 10.1. The van der Waals surface area contributed by atoms with Crippen LogP contribution < -0.4 is 10.9 Å². The van der Waals surface area contributed by atoms with Crippen LogP contribution in [0, 0.1) is 5.82 Å². The molecule has 1 aromatic carbocycles. The quantitative estimate of drug-likeness (QED) is 0.819. The van der Waals surface area contributed by atoms with Crippen LogP contribution in [0.15, 0.2) is 34.7 Å². The van der Waals surface area contributed by atoms with Crippen molar-refractivity contribution in [1.29, 1.82) is 0 Å². The highest BCUT2D eigenvalue weighted by Crippen LogP contribution is 2.21. The van der Waals surface area contributed by atoms with Crippen molar-refractivity contribution < 1.29 is 4.39 Å². The summed E-state index contributed by atoms with van der Waals surface area (Å²) < 4.78 is 12.8. The number of nitrogens with zero attached hydrogens (tertiary/aromatic N) is 1. The van der Waals surface area contributed by atoms with Gasteiger partial charge in [-0.2, -0.15) is 0 Å². The summed E-state index contributed by atoms with van der Waals surface area (Å²) in [6, 6.07) is 6.37. The second-order valence-corrected chi connectivity index (χ2v) is 5.85. The van der Waals surface area contributed by atoms with E-state index in [1.807, 2.05) is 26.2 Å². The SMILES string of the molecule is CC(C)(C)N=C1NNC(c2ccc(F)cc2)=CS1. The van der Waals surface area contributed by atoms with Crippen molar-refractivity contribution in [3.63, 3.8) is 0 Å². The summed E-state index contributed by atoms with van der Waals surface area (Å²) in [6.45, 7) is 6.13. The fourth-order valence-electron chi connectivity index (χ4n) is 1.42. The lowest BCUT2D eigenvalue weighted by molar-refractivity contribution is 0.580. The summed E-state index contributed by atoms with van der Waals surface area (Å²) in [4.78, 5) is 4.51. The smallest absolute Gasteiger partial charge is 0.180 e. The molecule has 1 aromatic rings. The highest BCUT2D eigenvalue weighted by Gasteiger charge is 2.14. The van der Waals surface area contributed by atoms with Gasteiger partial charge >= 0.3 is 0 Å². The molecule has 0 amide bonds. The van der Waals surface area contributed by atoms with Gasteiger partial charge in [0.15, 0.2) is 5.17 Å². The summed E-state index contributed by atoms with van der Waals surface area (Å²) in [6.07, 6.45) is 0. The van der Waals surface area contributed by atoms with Crippen LogP contribution >= 0.6 is 11.8 Å². The van der Waals surface area contributed by atoms with Gasteiger partial charge in [0.05, 0.1) is 11.2 Å². The fourth-order valence-corrected chi connectivity index (χ4v) is 2.28. The van der Waals surface area contributed by atoms with Crippen molar-refractivity contribution in [2.24, 2.45) is 4.99 Å². The lowest BCUT2D eigenvalue weighted by Crippen LogP contribution is -2.38. The van der Waals surface area contributed by atoms with Crippen molar-refractivity contribution in [3.8, 4) is 0 Å². The molecule has 2 rings (SSSR count). The first-order chi connectivity index (χ1) is 8.44. The molecule has 0 bridgehead atoms. The topological polar surface area (TPSA) is 36.4 Å². The van der Waals surface area contributed by atoms with Gasteiger partial charge in [0.2, 0.25) is 0 Å². The number of aliphatic imine (C=N–C) groups is 1. The van der Waals surface area contributed by atoms with Crippen molar-refractivity contribution in [2.45, 2.75) is 26.3 Å². The minimum absolute atomic E-state index is 0.113. The van der Waals surface area contributed by atoms with Crippen molar-refractivity contribution >= 4 is 22.6 Å². The van der Waals surface area contributed by atoms with E-state index >= 15 is 0 Å². The number of hydrazine groups is 1. The van der Waals surface area contributed by atoms with Crippen LogP contribution in [0.2, 0.25) is 0 Å². The van der Waals surface area contributed by atoms with E-state index < -0.39 is 0 Å². The molecule has 0 atom stereocenters. The molecule has 0 spiro atoms. The molecule has 1 aliphatic rings. The maximum Gasteiger partial charge on any atom is 0.180 e. The number of benzene rings is 1. The molecule has 0 unspecified atom stereocenters. The minimum atomic E-state index is -0.231. The van der Waals surface area contributed by atoms with E-state index in [4.69, 9.17) is 0 Å². The molecule has 5 heteroatoms. The first-order valence-electron chi connectivity index (χ1n) is 5.69. The fraction of sp³-hybridized carbons (Fsp3) is 0.308. The van der Waals surface area contributed by atoms with Crippen LogP contribution in [-0.4, -0.2) is 10.7 Å². The molecule has 3 nitrogen and oxygen atoms in total. The monoisotopic (exact) mass is 265 g/mol. The van der Waals surface area contributed by atoms with Crippen LogP contribution in [0.1, 0.15) is 26.3 Å². The van der Waals surface area contributed by atoms with Crippen LogP contribution in [-0.2, 0) is 0 Å². The van der Waals surface area contributed by atoms with Crippen molar-refractivity contribution in [2.75, 3.05) is 0 Å². The normalized spacial score (nSPS) is 18.0. The van der Waals surface area contributed by atoms with Gasteiger partial charge in [-0.1, -0.05) is 11.8 Å². The van der Waals surface area contributed by atoms with E-state index in [1.54, 1.807) is 12.1 Å². The Morgan fingerprint density at radius 3 is 2.28 bits per heavy atom. The average molecular weight is 265 g/mol. The van der Waals surface area contributed by atoms with E-state index in [1.165, 1.54) is 23.9 Å². The van der Waals surface area contributed by atoms with Crippen LogP contribution in [0.25, 0.3) is 5.70 Å². The van der Waals surface area contributed by atoms with E-state index in [9.17, 15) is 4.39 Å². The number of amidine groups is 1. The van der Waals surface area contributed by atoms with Gasteiger partial charge in [-0.05, 0) is 45.0 Å². The average Bonchev–Trinajstić information content (AvgIpc) is 2.29. The summed E-state index contributed by atoms with van der Waals surface area (Å²) in [5.74, 6) is -0.231. The number of halogens is 1. The molecule has 0 saturated carbocycles. The van der Waals surface area contributed by atoms with Gasteiger partial charge in [-0.15, -0.1) is 0 Å². The van der Waals surface area contributed by atoms with Gasteiger partial charge in [0, 0.05) is 11.0 Å². The Morgan fingerprint density at radius 2 is 1.78 bits per heavy atom. The summed E-state index contributed by atoms with van der Waals surface area (Å²) in [7, 11) is 0. The van der Waals surface area contributed by atoms with E-state index in [-0.39, 0.29) is 11.4 Å². The van der Waals surface area contributed by atoms with E-state index in [0.717, 1.165) is 16.4 Å². The molecular formula is C13H16FN3S. The Balaban J connectivity index is 2.12. The Labute approximate surface area is 111 Å². The maximum absolute atomic E-state index is 12.8. The molecule has 1 heterocycles. The number of rotatable bonds is 1. The molecule has 0 aliphatic carbocycles. The molecule has 96 valence electrons. The zero-order valence-corrected chi connectivity index (χ0v) is 11.4. The molecule has 1 aliphatic heterocycles. The highest BCUT2D eigenvalue weighted by molar-refractivity contribution is 8.16. The molecular weight excluding hydrogens is 249 g/mol. The number of hydrogen-bond acceptors (Lipinski definition) is 3. The van der Waals surface area contributed by atoms with Crippen LogP contribution in [0.5, 0.6) is 0 Å². The summed E-state index contributed by atoms with van der Waals surface area (Å²) in [5.41, 5.74) is 7.84. The standard InChI is InChI=1S/C13H16FN3S/c1-13(2,3)15-12-17-16-11(8-18-12)9-4-6-10(14)7-5-9/h4-8,16H,1-3H3,(H,15,17). The predicted molar refractivity (Wildman–Crippen MR) is 75.4 cm³/mol. The number of hydrogen-bond donors (Lipinski definition) is 2. The molecule has 0 fully saturated rings. The zero-order valence-electron chi connectivity index (χ0n) is 10.6. The van der Waals surface area contributed by atoms with Crippen LogP contribution in [0.3, 0.4) is 0 Å². The number of thioether (sulfide) groups is 1. The molecule has 0 aromatic heterocycles. The Bertz CT molecular complexity index is 486. The van der Waals surface area contributed by atoms with Crippen LogP contribution in [0.4, 0.5) is 4.39 Å². The largest absolute Gasteiger partial charge is 0.298 e. The van der Waals surface area contributed by atoms with Gasteiger partial charge in [0.25, 0.3) is 0 Å². The second kappa shape index (κ2) is 5.02. The van der Waals surface area contributed by atoms with Gasteiger partial charge in [-0.3, -0.25) is 15.8 Å². The number of nitrogens with one attached hydrogen (secondary N) is 2. The van der Waals surface area contributed by atoms with Gasteiger partial charge in [0.1, 0.15) is 5.82 Å². The van der Waals surface area contributed by atoms with Gasteiger partial charge < -0.3 is 0 Å². The molecule has 18 heavy (non-hydrogen) atoms. The zero-order chi connectivity index (χ0) is 13.2. The first kappa shape index (κ1) is 13.0.